The van der Waals surface area contributed by atoms with Crippen molar-refractivity contribution in [1.82, 2.24) is 9.47 Å². The van der Waals surface area contributed by atoms with Crippen LogP contribution in [-0.2, 0) is 0 Å². The van der Waals surface area contributed by atoms with Gasteiger partial charge in [0.15, 0.2) is 0 Å². The van der Waals surface area contributed by atoms with Gasteiger partial charge in [-0.2, -0.15) is 0 Å². The predicted octanol–water partition coefficient (Wildman–Crippen LogP) is 2.17. The number of ether oxygens (including phenoxy) is 1. The molecule has 0 saturated carbocycles. The molecule has 0 spiro atoms. The average Bonchev–Trinajstić information content (AvgIpc) is 2.44. The van der Waals surface area contributed by atoms with Crippen molar-refractivity contribution in [2.24, 2.45) is 0 Å². The second-order valence-electron chi connectivity index (χ2n) is 4.88. The van der Waals surface area contributed by atoms with Crippen molar-refractivity contribution >= 4 is 0 Å². The second-order valence-corrected chi connectivity index (χ2v) is 4.88. The fourth-order valence-electron chi connectivity index (χ4n) is 1.97. The first kappa shape index (κ1) is 14.3. The predicted molar refractivity (Wildman–Crippen MR) is 80.7 cm³/mol. The molecule has 0 fully saturated rings. The van der Waals surface area contributed by atoms with Crippen molar-refractivity contribution in [3.8, 4) is 11.4 Å². The summed E-state index contributed by atoms with van der Waals surface area (Å²) in [5.74, 6) is 0.736. The Labute approximate surface area is 119 Å². The largest absolute Gasteiger partial charge is 0.491 e. The molecule has 0 radical (unpaired) electrons. The van der Waals surface area contributed by atoms with E-state index in [2.05, 4.69) is 4.90 Å². The van der Waals surface area contributed by atoms with Crippen LogP contribution in [0.15, 0.2) is 53.5 Å². The van der Waals surface area contributed by atoms with Gasteiger partial charge in [-0.1, -0.05) is 18.2 Å². The van der Waals surface area contributed by atoms with Crippen LogP contribution in [0, 0.1) is 0 Å². The van der Waals surface area contributed by atoms with E-state index in [1.165, 1.54) is 0 Å². The summed E-state index contributed by atoms with van der Waals surface area (Å²) in [7, 11) is 4.08. The van der Waals surface area contributed by atoms with Crippen molar-refractivity contribution < 1.29 is 4.74 Å². The van der Waals surface area contributed by atoms with E-state index < -0.39 is 0 Å². The van der Waals surface area contributed by atoms with Gasteiger partial charge in [-0.05, 0) is 38.7 Å². The maximum Gasteiger partial charge on any atom is 0.255 e. The number of aromatic nitrogens is 1. The molecule has 0 atom stereocenters. The summed E-state index contributed by atoms with van der Waals surface area (Å²) in [6, 6.07) is 12.7. The Kier molecular flexibility index (Phi) is 4.96. The molecular formula is C16H20N2O2. The van der Waals surface area contributed by atoms with Crippen LogP contribution in [0.3, 0.4) is 0 Å². The minimum Gasteiger partial charge on any atom is -0.491 e. The number of hydrogen-bond acceptors (Lipinski definition) is 3. The fourth-order valence-corrected chi connectivity index (χ4v) is 1.97. The Morgan fingerprint density at radius 3 is 2.60 bits per heavy atom. The first-order chi connectivity index (χ1) is 9.68. The standard InChI is InChI=1S/C16H20N2O2/c1-17(2)11-7-13-20-15-9-4-3-8-14(15)18-12-6-5-10-16(18)19/h3-6,8-10,12H,7,11,13H2,1-2H3. The molecule has 2 aromatic rings. The molecule has 2 rings (SSSR count). The zero-order chi connectivity index (χ0) is 14.4. The van der Waals surface area contributed by atoms with Crippen LogP contribution in [-0.4, -0.2) is 36.7 Å². The Hall–Kier alpha value is -2.07. The van der Waals surface area contributed by atoms with Crippen LogP contribution in [0.1, 0.15) is 6.42 Å². The summed E-state index contributed by atoms with van der Waals surface area (Å²) in [4.78, 5) is 14.0. The molecule has 0 aliphatic rings. The van der Waals surface area contributed by atoms with Crippen LogP contribution in [0.4, 0.5) is 0 Å². The number of hydrogen-bond donors (Lipinski definition) is 0. The van der Waals surface area contributed by atoms with E-state index >= 15 is 0 Å². The molecular weight excluding hydrogens is 252 g/mol. The third-order valence-electron chi connectivity index (χ3n) is 2.95. The zero-order valence-corrected chi connectivity index (χ0v) is 12.0. The minimum absolute atomic E-state index is 0.0585. The highest BCUT2D eigenvalue weighted by atomic mass is 16.5. The summed E-state index contributed by atoms with van der Waals surface area (Å²) < 4.78 is 7.41. The molecule has 0 amide bonds. The summed E-state index contributed by atoms with van der Waals surface area (Å²) in [6.45, 7) is 1.62. The monoisotopic (exact) mass is 272 g/mol. The van der Waals surface area contributed by atoms with Crippen molar-refractivity contribution in [2.45, 2.75) is 6.42 Å². The van der Waals surface area contributed by atoms with E-state index in [4.69, 9.17) is 4.74 Å². The van der Waals surface area contributed by atoms with Crippen molar-refractivity contribution in [3.63, 3.8) is 0 Å². The highest BCUT2D eigenvalue weighted by Gasteiger charge is 2.06. The summed E-state index contributed by atoms with van der Waals surface area (Å²) in [5, 5.41) is 0. The van der Waals surface area contributed by atoms with Crippen LogP contribution in [0.5, 0.6) is 5.75 Å². The third kappa shape index (κ3) is 3.71. The molecule has 0 bridgehead atoms. The first-order valence-electron chi connectivity index (χ1n) is 6.73. The smallest absolute Gasteiger partial charge is 0.255 e. The quantitative estimate of drug-likeness (QED) is 0.756. The third-order valence-corrected chi connectivity index (χ3v) is 2.95. The molecule has 0 aliphatic heterocycles. The van der Waals surface area contributed by atoms with Gasteiger partial charge in [0.2, 0.25) is 0 Å². The average molecular weight is 272 g/mol. The first-order valence-corrected chi connectivity index (χ1v) is 6.73. The van der Waals surface area contributed by atoms with Crippen LogP contribution >= 0.6 is 0 Å². The summed E-state index contributed by atoms with van der Waals surface area (Å²) in [6.07, 6.45) is 2.70. The highest BCUT2D eigenvalue weighted by molar-refractivity contribution is 5.46. The number of rotatable bonds is 6. The SMILES string of the molecule is CN(C)CCCOc1ccccc1-n1ccccc1=O. The Balaban J connectivity index is 2.15. The topological polar surface area (TPSA) is 34.5 Å². The highest BCUT2D eigenvalue weighted by Crippen LogP contribution is 2.21. The van der Waals surface area contributed by atoms with Gasteiger partial charge in [-0.25, -0.2) is 0 Å². The lowest BCUT2D eigenvalue weighted by Crippen LogP contribution is -2.18. The van der Waals surface area contributed by atoms with Crippen molar-refractivity contribution in [3.05, 3.63) is 59.0 Å². The van der Waals surface area contributed by atoms with Crippen molar-refractivity contribution in [1.29, 1.82) is 0 Å². The summed E-state index contributed by atoms with van der Waals surface area (Å²) >= 11 is 0. The van der Waals surface area contributed by atoms with Gasteiger partial charge in [-0.3, -0.25) is 9.36 Å². The summed E-state index contributed by atoms with van der Waals surface area (Å²) in [5.41, 5.74) is 0.722. The Bertz CT molecular complexity index is 605. The maximum atomic E-state index is 11.9. The number of pyridine rings is 1. The number of para-hydroxylation sites is 2. The molecule has 4 nitrogen and oxygen atoms in total. The molecule has 1 aromatic carbocycles. The van der Waals surface area contributed by atoms with Crippen LogP contribution in [0.2, 0.25) is 0 Å². The fraction of sp³-hybridized carbons (Fsp3) is 0.312. The molecule has 1 heterocycles. The second kappa shape index (κ2) is 6.91. The molecule has 106 valence electrons. The molecule has 0 N–H and O–H groups in total. The van der Waals surface area contributed by atoms with Gasteiger partial charge >= 0.3 is 0 Å². The number of benzene rings is 1. The van der Waals surface area contributed by atoms with E-state index in [9.17, 15) is 4.79 Å². The lowest BCUT2D eigenvalue weighted by Gasteiger charge is -2.14. The molecule has 20 heavy (non-hydrogen) atoms. The minimum atomic E-state index is -0.0585. The van der Waals surface area contributed by atoms with E-state index in [1.807, 2.05) is 44.4 Å². The van der Waals surface area contributed by atoms with Gasteiger partial charge in [0, 0.05) is 18.8 Å². The normalized spacial score (nSPS) is 10.8. The van der Waals surface area contributed by atoms with Crippen LogP contribution < -0.4 is 10.3 Å². The number of nitrogens with zero attached hydrogens (tertiary/aromatic N) is 2. The molecule has 0 unspecified atom stereocenters. The Morgan fingerprint density at radius 2 is 1.85 bits per heavy atom. The lowest BCUT2D eigenvalue weighted by molar-refractivity contribution is 0.281. The van der Waals surface area contributed by atoms with Gasteiger partial charge < -0.3 is 9.64 Å². The molecule has 1 aromatic heterocycles. The van der Waals surface area contributed by atoms with Crippen molar-refractivity contribution in [2.75, 3.05) is 27.2 Å². The zero-order valence-electron chi connectivity index (χ0n) is 12.0. The van der Waals surface area contributed by atoms with E-state index in [1.54, 1.807) is 22.9 Å². The molecule has 0 aliphatic carbocycles. The molecule has 4 heteroatoms. The van der Waals surface area contributed by atoms with E-state index in [-0.39, 0.29) is 5.56 Å². The van der Waals surface area contributed by atoms with E-state index in [0.29, 0.717) is 6.61 Å². The van der Waals surface area contributed by atoms with Gasteiger partial charge in [0.25, 0.3) is 5.56 Å². The van der Waals surface area contributed by atoms with Gasteiger partial charge in [0.05, 0.1) is 12.3 Å². The lowest BCUT2D eigenvalue weighted by atomic mass is 10.2. The van der Waals surface area contributed by atoms with Gasteiger partial charge in [0.1, 0.15) is 5.75 Å². The Morgan fingerprint density at radius 1 is 1.10 bits per heavy atom. The maximum absolute atomic E-state index is 11.9. The van der Waals surface area contributed by atoms with Crippen LogP contribution in [0.25, 0.3) is 5.69 Å². The molecule has 0 saturated heterocycles. The van der Waals surface area contributed by atoms with E-state index in [0.717, 1.165) is 24.4 Å². The van der Waals surface area contributed by atoms with Gasteiger partial charge in [-0.15, -0.1) is 0 Å².